The molecule has 1 amide bonds. The van der Waals surface area contributed by atoms with Gasteiger partial charge in [-0.2, -0.15) is 18.3 Å². The van der Waals surface area contributed by atoms with Crippen molar-refractivity contribution >= 4 is 5.91 Å². The summed E-state index contributed by atoms with van der Waals surface area (Å²) < 4.78 is 42.0. The number of carbonyl (C=O) groups is 1. The molecule has 5 nitrogen and oxygen atoms in total. The third kappa shape index (κ3) is 2.79. The highest BCUT2D eigenvalue weighted by atomic mass is 19.4. The second kappa shape index (κ2) is 5.72. The normalized spacial score (nSPS) is 38.1. The fraction of sp³-hybridized carbons (Fsp3) is 0.789. The van der Waals surface area contributed by atoms with Crippen molar-refractivity contribution in [1.82, 2.24) is 15.1 Å². The summed E-state index contributed by atoms with van der Waals surface area (Å²) in [5.74, 6) is 0.104. The zero-order chi connectivity index (χ0) is 19.0. The van der Waals surface area contributed by atoms with E-state index >= 15 is 0 Å². The van der Waals surface area contributed by atoms with Gasteiger partial charge in [0.15, 0.2) is 5.69 Å². The van der Waals surface area contributed by atoms with E-state index in [1.54, 1.807) is 0 Å². The Balaban J connectivity index is 1.40. The summed E-state index contributed by atoms with van der Waals surface area (Å²) in [7, 11) is 0. The first kappa shape index (κ1) is 17.5. The van der Waals surface area contributed by atoms with Crippen LogP contribution in [0.2, 0.25) is 0 Å². The lowest BCUT2D eigenvalue weighted by atomic mass is 9.52. The van der Waals surface area contributed by atoms with E-state index in [0.29, 0.717) is 31.6 Å². The highest BCUT2D eigenvalue weighted by molar-refractivity contribution is 5.95. The van der Waals surface area contributed by atoms with Crippen LogP contribution in [0.4, 0.5) is 13.2 Å². The van der Waals surface area contributed by atoms with Gasteiger partial charge in [0.25, 0.3) is 5.91 Å². The molecule has 6 rings (SSSR count). The van der Waals surface area contributed by atoms with Gasteiger partial charge < -0.3 is 10.4 Å². The Morgan fingerprint density at radius 3 is 2.41 bits per heavy atom. The zero-order valence-electron chi connectivity index (χ0n) is 15.0. The Kier molecular flexibility index (Phi) is 3.71. The number of hydrogen-bond donors (Lipinski definition) is 2. The van der Waals surface area contributed by atoms with Gasteiger partial charge in [-0.05, 0) is 69.1 Å². The molecule has 0 aliphatic heterocycles. The van der Waals surface area contributed by atoms with E-state index in [2.05, 4.69) is 10.4 Å². The van der Waals surface area contributed by atoms with Gasteiger partial charge in [-0.3, -0.25) is 9.48 Å². The summed E-state index contributed by atoms with van der Waals surface area (Å²) in [6.45, 7) is 0. The van der Waals surface area contributed by atoms with Crippen LogP contribution in [0.5, 0.6) is 0 Å². The maximum atomic E-state index is 13.7. The first-order valence-electron chi connectivity index (χ1n) is 9.91. The van der Waals surface area contributed by atoms with E-state index in [1.807, 2.05) is 0 Å². The van der Waals surface area contributed by atoms with Gasteiger partial charge in [-0.15, -0.1) is 0 Å². The maximum absolute atomic E-state index is 13.7. The number of rotatable bonds is 3. The molecule has 3 unspecified atom stereocenters. The van der Waals surface area contributed by atoms with Crippen molar-refractivity contribution in [2.45, 2.75) is 75.2 Å². The van der Waals surface area contributed by atoms with Crippen LogP contribution in [0, 0.1) is 17.8 Å². The topological polar surface area (TPSA) is 67.2 Å². The minimum absolute atomic E-state index is 0.150. The molecular formula is C19H24F3N3O2. The standard InChI is InChI=1S/C19H24F3N3O2/c20-19(21,22)16-14(9-23-25(16)13-2-1-3-13)17(26)24-15-11-4-10-5-12(15)8-18(27,6-10)7-11/h9-13,15,27H,1-8H2,(H,24,26)/t10?,11-,12+,15?,18?. The predicted molar refractivity (Wildman–Crippen MR) is 89.9 cm³/mol. The second-order valence-electron chi connectivity index (χ2n) is 9.13. The third-order valence-corrected chi connectivity index (χ3v) is 7.27. The van der Waals surface area contributed by atoms with Crippen LogP contribution in [-0.4, -0.2) is 32.4 Å². The van der Waals surface area contributed by atoms with Crippen molar-refractivity contribution in [3.8, 4) is 0 Å². The van der Waals surface area contributed by atoms with Crippen molar-refractivity contribution in [2.24, 2.45) is 17.8 Å². The summed E-state index contributed by atoms with van der Waals surface area (Å²) in [6, 6.07) is -0.416. The molecule has 5 atom stereocenters. The van der Waals surface area contributed by atoms with Gasteiger partial charge in [0.2, 0.25) is 0 Å². The zero-order valence-corrected chi connectivity index (χ0v) is 15.0. The maximum Gasteiger partial charge on any atom is 0.433 e. The van der Waals surface area contributed by atoms with E-state index in [4.69, 9.17) is 0 Å². The molecule has 0 aromatic carbocycles. The highest BCUT2D eigenvalue weighted by Crippen LogP contribution is 2.55. The Labute approximate surface area is 155 Å². The van der Waals surface area contributed by atoms with Crippen molar-refractivity contribution < 1.29 is 23.1 Å². The minimum atomic E-state index is -4.61. The van der Waals surface area contributed by atoms with Crippen LogP contribution in [0.25, 0.3) is 0 Å². The molecule has 5 aliphatic carbocycles. The number of alkyl halides is 3. The van der Waals surface area contributed by atoms with E-state index < -0.39 is 23.4 Å². The molecule has 4 bridgehead atoms. The van der Waals surface area contributed by atoms with Gasteiger partial charge >= 0.3 is 6.18 Å². The molecule has 27 heavy (non-hydrogen) atoms. The summed E-state index contributed by atoms with van der Waals surface area (Å²) in [5.41, 5.74) is -1.93. The average Bonchev–Trinajstić information content (AvgIpc) is 2.92. The largest absolute Gasteiger partial charge is 0.433 e. The van der Waals surface area contributed by atoms with Crippen LogP contribution in [0.3, 0.4) is 0 Å². The number of halogens is 3. The molecule has 1 aromatic heterocycles. The van der Waals surface area contributed by atoms with E-state index in [9.17, 15) is 23.1 Å². The van der Waals surface area contributed by atoms with Crippen molar-refractivity contribution in [3.63, 3.8) is 0 Å². The summed E-state index contributed by atoms with van der Waals surface area (Å²) in [5, 5.41) is 17.5. The fourth-order valence-electron chi connectivity index (χ4n) is 6.17. The molecule has 0 saturated heterocycles. The van der Waals surface area contributed by atoms with E-state index in [-0.39, 0.29) is 29.5 Å². The van der Waals surface area contributed by atoms with Crippen molar-refractivity contribution in [3.05, 3.63) is 17.5 Å². The fourth-order valence-corrected chi connectivity index (χ4v) is 6.17. The van der Waals surface area contributed by atoms with E-state index in [0.717, 1.165) is 36.6 Å². The number of nitrogens with zero attached hydrogens (tertiary/aromatic N) is 2. The van der Waals surface area contributed by atoms with Crippen LogP contribution >= 0.6 is 0 Å². The average molecular weight is 383 g/mol. The molecule has 2 N–H and O–H groups in total. The number of aromatic nitrogens is 2. The third-order valence-electron chi connectivity index (χ3n) is 7.27. The number of carbonyl (C=O) groups excluding carboxylic acids is 1. The second-order valence-corrected chi connectivity index (χ2v) is 9.13. The molecule has 8 heteroatoms. The molecule has 5 aliphatic rings. The molecule has 5 saturated carbocycles. The van der Waals surface area contributed by atoms with Gasteiger partial charge in [-0.1, -0.05) is 0 Å². The highest BCUT2D eigenvalue weighted by Gasteiger charge is 2.55. The molecule has 1 heterocycles. The lowest BCUT2D eigenvalue weighted by molar-refractivity contribution is -0.146. The first-order chi connectivity index (χ1) is 12.7. The van der Waals surface area contributed by atoms with Gasteiger partial charge in [0.1, 0.15) is 0 Å². The van der Waals surface area contributed by atoms with Gasteiger partial charge in [0.05, 0.1) is 23.4 Å². The molecule has 148 valence electrons. The van der Waals surface area contributed by atoms with Gasteiger partial charge in [0, 0.05) is 6.04 Å². The van der Waals surface area contributed by atoms with Crippen molar-refractivity contribution in [1.29, 1.82) is 0 Å². The molecule has 1 aromatic rings. The first-order valence-corrected chi connectivity index (χ1v) is 9.91. The molecular weight excluding hydrogens is 359 g/mol. The minimum Gasteiger partial charge on any atom is -0.390 e. The molecule has 0 spiro atoms. The number of hydrogen-bond acceptors (Lipinski definition) is 3. The summed E-state index contributed by atoms with van der Waals surface area (Å²) >= 11 is 0. The Bertz CT molecular complexity index is 755. The summed E-state index contributed by atoms with van der Waals surface area (Å²) in [6.07, 6.45) is 2.66. The molecule has 0 radical (unpaired) electrons. The Morgan fingerprint density at radius 1 is 1.22 bits per heavy atom. The predicted octanol–water partition coefficient (Wildman–Crippen LogP) is 3.30. The monoisotopic (exact) mass is 383 g/mol. The number of nitrogens with one attached hydrogen (secondary N) is 1. The van der Waals surface area contributed by atoms with Gasteiger partial charge in [-0.25, -0.2) is 0 Å². The molecule has 5 fully saturated rings. The SMILES string of the molecule is O=C(NC1[C@@H]2CC3C[C@H]1CC(O)(C3)C2)c1cnn(C2CCC2)c1C(F)(F)F. The van der Waals surface area contributed by atoms with Crippen LogP contribution in [0.1, 0.15) is 73.5 Å². The van der Waals surface area contributed by atoms with Crippen LogP contribution in [-0.2, 0) is 6.18 Å². The van der Waals surface area contributed by atoms with Crippen LogP contribution in [0.15, 0.2) is 6.20 Å². The van der Waals surface area contributed by atoms with E-state index in [1.165, 1.54) is 0 Å². The smallest absolute Gasteiger partial charge is 0.390 e. The van der Waals surface area contributed by atoms with Crippen molar-refractivity contribution in [2.75, 3.05) is 0 Å². The number of amides is 1. The Hall–Kier alpha value is -1.57. The Morgan fingerprint density at radius 2 is 1.89 bits per heavy atom. The number of aliphatic hydroxyl groups is 1. The quantitative estimate of drug-likeness (QED) is 0.842. The van der Waals surface area contributed by atoms with Crippen LogP contribution < -0.4 is 5.32 Å². The lowest BCUT2D eigenvalue weighted by Crippen LogP contribution is -2.61. The lowest BCUT2D eigenvalue weighted by Gasteiger charge is -2.58. The summed E-state index contributed by atoms with van der Waals surface area (Å²) in [4.78, 5) is 12.8.